The molecule has 0 spiro atoms. The van der Waals surface area contributed by atoms with E-state index in [1.165, 1.54) is 17.5 Å². The topological polar surface area (TPSA) is 61.9 Å². The van der Waals surface area contributed by atoms with Crippen molar-refractivity contribution in [1.29, 1.82) is 0 Å². The average molecular weight is 302 g/mol. The zero-order chi connectivity index (χ0) is 14.8. The number of rotatable bonds is 4. The molecule has 6 nitrogen and oxygen atoms in total. The highest BCUT2D eigenvalue weighted by Crippen LogP contribution is 2.16. The highest BCUT2D eigenvalue weighted by Gasteiger charge is 2.19. The van der Waals surface area contributed by atoms with Crippen LogP contribution >= 0.6 is 11.3 Å². The molecule has 0 saturated carbocycles. The molecule has 0 aromatic carbocycles. The number of carbonyl (C=O) groups excluding carboxylic acids is 1. The van der Waals surface area contributed by atoms with Crippen LogP contribution < -0.4 is 0 Å². The van der Waals surface area contributed by atoms with Gasteiger partial charge in [-0.25, -0.2) is 9.78 Å². The molecular formula is C14H14N4O2S. The summed E-state index contributed by atoms with van der Waals surface area (Å²) in [6.45, 7) is 2.09. The third-order valence-corrected chi connectivity index (χ3v) is 3.91. The smallest absolute Gasteiger partial charge is 0.344 e. The van der Waals surface area contributed by atoms with E-state index < -0.39 is 5.97 Å². The summed E-state index contributed by atoms with van der Waals surface area (Å²) in [6.07, 6.45) is 5.24. The van der Waals surface area contributed by atoms with Gasteiger partial charge in [-0.15, -0.1) is 11.3 Å². The molecule has 0 N–H and O–H groups in total. The van der Waals surface area contributed by atoms with Gasteiger partial charge in [0.1, 0.15) is 23.0 Å². The van der Waals surface area contributed by atoms with Crippen molar-refractivity contribution in [1.82, 2.24) is 19.3 Å². The first-order chi connectivity index (χ1) is 10.1. The lowest BCUT2D eigenvalue weighted by Crippen LogP contribution is -2.10. The van der Waals surface area contributed by atoms with Gasteiger partial charge in [-0.3, -0.25) is 4.68 Å². The molecule has 0 atom stereocenters. The van der Waals surface area contributed by atoms with Crippen molar-refractivity contribution in [3.05, 3.63) is 52.4 Å². The molecule has 0 amide bonds. The van der Waals surface area contributed by atoms with E-state index in [1.807, 2.05) is 41.4 Å². The van der Waals surface area contributed by atoms with Crippen LogP contribution in [-0.2, 0) is 18.4 Å². The minimum Gasteiger partial charge on any atom is -0.455 e. The monoisotopic (exact) mass is 302 g/mol. The Kier molecular flexibility index (Phi) is 3.57. The Morgan fingerprint density at radius 3 is 2.81 bits per heavy atom. The van der Waals surface area contributed by atoms with Gasteiger partial charge in [0.25, 0.3) is 0 Å². The fourth-order valence-corrected chi connectivity index (χ4v) is 2.71. The van der Waals surface area contributed by atoms with E-state index in [0.29, 0.717) is 11.4 Å². The van der Waals surface area contributed by atoms with Crippen molar-refractivity contribution < 1.29 is 9.53 Å². The number of aryl methyl sites for hydroxylation is 2. The first kappa shape index (κ1) is 13.6. The molecule has 108 valence electrons. The Bertz CT molecular complexity index is 758. The molecule has 0 fully saturated rings. The molecule has 0 saturated heterocycles. The van der Waals surface area contributed by atoms with Crippen LogP contribution in [0.2, 0.25) is 0 Å². The number of esters is 1. The molecule has 0 aliphatic rings. The number of thiazole rings is 1. The summed E-state index contributed by atoms with van der Waals surface area (Å²) >= 11 is 1.48. The Hall–Kier alpha value is -2.41. The van der Waals surface area contributed by atoms with Crippen LogP contribution in [0.3, 0.4) is 0 Å². The molecule has 0 radical (unpaired) electrons. The van der Waals surface area contributed by atoms with Crippen molar-refractivity contribution >= 4 is 17.3 Å². The molecule has 0 aliphatic carbocycles. The Labute approximate surface area is 125 Å². The van der Waals surface area contributed by atoms with Gasteiger partial charge in [-0.05, 0) is 19.1 Å². The summed E-state index contributed by atoms with van der Waals surface area (Å²) in [4.78, 5) is 16.5. The number of carbonyl (C=O) groups is 1. The zero-order valence-electron chi connectivity index (χ0n) is 11.7. The van der Waals surface area contributed by atoms with Gasteiger partial charge < -0.3 is 9.30 Å². The summed E-state index contributed by atoms with van der Waals surface area (Å²) in [5, 5.41) is 6.85. The largest absolute Gasteiger partial charge is 0.455 e. The Morgan fingerprint density at radius 2 is 2.14 bits per heavy atom. The third-order valence-electron chi connectivity index (χ3n) is 2.97. The summed E-state index contributed by atoms with van der Waals surface area (Å²) in [5.74, 6) is 0.278. The molecule has 0 bridgehead atoms. The van der Waals surface area contributed by atoms with Gasteiger partial charge >= 0.3 is 5.97 Å². The average Bonchev–Trinajstić information content (AvgIpc) is 3.16. The lowest BCUT2D eigenvalue weighted by atomic mass is 10.3. The van der Waals surface area contributed by atoms with Crippen molar-refractivity contribution in [3.8, 4) is 5.82 Å². The van der Waals surface area contributed by atoms with E-state index >= 15 is 0 Å². The number of hydrogen-bond acceptors (Lipinski definition) is 5. The Morgan fingerprint density at radius 1 is 1.38 bits per heavy atom. The van der Waals surface area contributed by atoms with Crippen LogP contribution in [0.4, 0.5) is 0 Å². The van der Waals surface area contributed by atoms with Crippen LogP contribution in [0.5, 0.6) is 0 Å². The molecular weight excluding hydrogens is 288 g/mol. The maximum absolute atomic E-state index is 12.2. The molecule has 0 unspecified atom stereocenters. The number of hydrogen-bond donors (Lipinski definition) is 0. The molecule has 3 rings (SSSR count). The van der Waals surface area contributed by atoms with Gasteiger partial charge in [0, 0.05) is 30.5 Å². The summed E-state index contributed by atoms with van der Waals surface area (Å²) in [7, 11) is 1.79. The van der Waals surface area contributed by atoms with E-state index in [1.54, 1.807) is 11.7 Å². The van der Waals surface area contributed by atoms with Crippen LogP contribution in [0.25, 0.3) is 5.82 Å². The predicted molar refractivity (Wildman–Crippen MR) is 78.5 cm³/mol. The first-order valence-electron chi connectivity index (χ1n) is 6.38. The van der Waals surface area contributed by atoms with Crippen molar-refractivity contribution in [2.45, 2.75) is 13.5 Å². The molecule has 0 aliphatic heterocycles. The maximum Gasteiger partial charge on any atom is 0.344 e. The molecule has 3 aromatic rings. The normalized spacial score (nSPS) is 10.8. The second kappa shape index (κ2) is 5.53. The van der Waals surface area contributed by atoms with E-state index in [-0.39, 0.29) is 6.61 Å². The number of nitrogens with zero attached hydrogens (tertiary/aromatic N) is 4. The minimum absolute atomic E-state index is 0.178. The van der Waals surface area contributed by atoms with Gasteiger partial charge in [0.2, 0.25) is 0 Å². The van der Waals surface area contributed by atoms with Crippen LogP contribution in [0, 0.1) is 6.92 Å². The fourth-order valence-electron chi connectivity index (χ4n) is 2.03. The predicted octanol–water partition coefficient (Wildman–Crippen LogP) is 2.33. The highest BCUT2D eigenvalue weighted by atomic mass is 32.1. The maximum atomic E-state index is 12.2. The number of aromatic nitrogens is 4. The van der Waals surface area contributed by atoms with Crippen molar-refractivity contribution in [3.63, 3.8) is 0 Å². The standard InChI is InChI=1S/C14H14N4O2S/c1-10-9-21-12(16-10)8-20-14(19)11-7-15-17(2)13(11)18-5-3-4-6-18/h3-7,9H,8H2,1-2H3. The zero-order valence-corrected chi connectivity index (χ0v) is 12.5. The van der Waals surface area contributed by atoms with E-state index in [0.717, 1.165) is 10.7 Å². The van der Waals surface area contributed by atoms with Gasteiger partial charge in [-0.1, -0.05) is 0 Å². The van der Waals surface area contributed by atoms with Crippen LogP contribution in [0.1, 0.15) is 21.1 Å². The molecule has 7 heteroatoms. The second-order valence-corrected chi connectivity index (χ2v) is 5.50. The van der Waals surface area contributed by atoms with E-state index in [4.69, 9.17) is 4.74 Å². The summed E-state index contributed by atoms with van der Waals surface area (Å²) in [5.41, 5.74) is 1.36. The first-order valence-corrected chi connectivity index (χ1v) is 7.26. The van der Waals surface area contributed by atoms with Gasteiger partial charge in [0.05, 0.1) is 6.20 Å². The summed E-state index contributed by atoms with van der Waals surface area (Å²) in [6, 6.07) is 3.78. The number of ether oxygens (including phenoxy) is 1. The second-order valence-electron chi connectivity index (χ2n) is 4.55. The fraction of sp³-hybridized carbons (Fsp3) is 0.214. The van der Waals surface area contributed by atoms with Crippen molar-refractivity contribution in [2.75, 3.05) is 0 Å². The quantitative estimate of drug-likeness (QED) is 0.694. The minimum atomic E-state index is -0.403. The molecule has 21 heavy (non-hydrogen) atoms. The SMILES string of the molecule is Cc1csc(COC(=O)c2cnn(C)c2-n2cccc2)n1. The lowest BCUT2D eigenvalue weighted by molar-refractivity contribution is 0.0472. The van der Waals surface area contributed by atoms with Crippen LogP contribution in [-0.4, -0.2) is 25.3 Å². The third kappa shape index (κ3) is 2.73. The Balaban J connectivity index is 1.79. The molecule has 3 aromatic heterocycles. The van der Waals surface area contributed by atoms with Crippen LogP contribution in [0.15, 0.2) is 36.1 Å². The molecule has 3 heterocycles. The highest BCUT2D eigenvalue weighted by molar-refractivity contribution is 7.09. The van der Waals surface area contributed by atoms with Gasteiger partial charge in [0.15, 0.2) is 0 Å². The van der Waals surface area contributed by atoms with Gasteiger partial charge in [-0.2, -0.15) is 5.10 Å². The van der Waals surface area contributed by atoms with E-state index in [9.17, 15) is 4.79 Å². The summed E-state index contributed by atoms with van der Waals surface area (Å²) < 4.78 is 8.80. The van der Waals surface area contributed by atoms with Crippen molar-refractivity contribution in [2.24, 2.45) is 7.05 Å². The lowest BCUT2D eigenvalue weighted by Gasteiger charge is -2.07. The van der Waals surface area contributed by atoms with E-state index in [2.05, 4.69) is 10.1 Å².